The van der Waals surface area contributed by atoms with Gasteiger partial charge in [0.05, 0.1) is 0 Å². The van der Waals surface area contributed by atoms with Gasteiger partial charge in [0.15, 0.2) is 5.96 Å². The number of hydrogen-bond donors (Lipinski definition) is 4. The molecule has 0 rings (SSSR count). The van der Waals surface area contributed by atoms with Crippen LogP contribution in [0.3, 0.4) is 0 Å². The quantitative estimate of drug-likeness (QED) is 0.238. The third kappa shape index (κ3) is 7.23. The molecule has 10 heavy (non-hydrogen) atoms. The van der Waals surface area contributed by atoms with Gasteiger partial charge in [-0.15, -0.1) is 0 Å². The van der Waals surface area contributed by atoms with Crippen LogP contribution in [0.1, 0.15) is 12.8 Å². The maximum Gasteiger partial charge on any atom is 0.185 e. The number of unbranched alkanes of at least 4 members (excludes halogenated alkanes) is 1. The summed E-state index contributed by atoms with van der Waals surface area (Å²) in [5.74, 6) is 0.0597. The van der Waals surface area contributed by atoms with E-state index in [0.717, 1.165) is 25.9 Å². The molecule has 0 bridgehead atoms. The largest absolute Gasteiger partial charge is 0.370 e. The summed E-state index contributed by atoms with van der Waals surface area (Å²) in [7, 11) is 1.93. The van der Waals surface area contributed by atoms with E-state index in [1.807, 2.05) is 7.05 Å². The Balaban J connectivity index is 2.84. The van der Waals surface area contributed by atoms with Crippen LogP contribution in [-0.4, -0.2) is 26.1 Å². The molecule has 0 aliphatic heterocycles. The van der Waals surface area contributed by atoms with Crippen LogP contribution in [0.25, 0.3) is 0 Å². The first-order valence-corrected chi connectivity index (χ1v) is 3.50. The molecule has 0 spiro atoms. The molecule has 0 aromatic heterocycles. The highest BCUT2D eigenvalue weighted by Gasteiger charge is 1.86. The topological polar surface area (TPSA) is 73.9 Å². The fourth-order valence-corrected chi connectivity index (χ4v) is 0.650. The lowest BCUT2D eigenvalue weighted by molar-refractivity contribution is 0.662. The Morgan fingerprint density at radius 3 is 2.50 bits per heavy atom. The molecular formula is C6H16N4. The summed E-state index contributed by atoms with van der Waals surface area (Å²) >= 11 is 0. The van der Waals surface area contributed by atoms with Crippen molar-refractivity contribution in [3.63, 3.8) is 0 Å². The summed E-state index contributed by atoms with van der Waals surface area (Å²) in [5, 5.41) is 12.6. The molecule has 5 N–H and O–H groups in total. The average molecular weight is 144 g/mol. The van der Waals surface area contributed by atoms with Crippen molar-refractivity contribution >= 4 is 5.96 Å². The maximum absolute atomic E-state index is 6.83. The maximum atomic E-state index is 6.83. The first-order valence-electron chi connectivity index (χ1n) is 3.50. The zero-order valence-electron chi connectivity index (χ0n) is 6.41. The van der Waals surface area contributed by atoms with Crippen molar-refractivity contribution in [3.8, 4) is 0 Å². The lowest BCUT2D eigenvalue weighted by Crippen LogP contribution is -2.31. The summed E-state index contributed by atoms with van der Waals surface area (Å²) in [6, 6.07) is 0. The Bertz CT molecular complexity index is 91.7. The molecule has 0 heterocycles. The number of guanidine groups is 1. The van der Waals surface area contributed by atoms with E-state index in [4.69, 9.17) is 11.1 Å². The molecule has 0 aromatic rings. The summed E-state index contributed by atoms with van der Waals surface area (Å²) < 4.78 is 0. The Morgan fingerprint density at radius 1 is 1.40 bits per heavy atom. The predicted octanol–water partition coefficient (Wildman–Crippen LogP) is -0.531. The van der Waals surface area contributed by atoms with E-state index in [0.29, 0.717) is 0 Å². The van der Waals surface area contributed by atoms with Gasteiger partial charge in [0.25, 0.3) is 0 Å². The molecule has 0 fully saturated rings. The minimum Gasteiger partial charge on any atom is -0.370 e. The number of hydrogen-bond acceptors (Lipinski definition) is 2. The highest BCUT2D eigenvalue weighted by atomic mass is 15.0. The van der Waals surface area contributed by atoms with Gasteiger partial charge < -0.3 is 16.4 Å². The molecule has 4 nitrogen and oxygen atoms in total. The van der Waals surface area contributed by atoms with Crippen LogP contribution in [0.5, 0.6) is 0 Å². The molecule has 60 valence electrons. The number of nitrogens with one attached hydrogen (secondary N) is 3. The van der Waals surface area contributed by atoms with E-state index in [1.165, 1.54) is 0 Å². The van der Waals surface area contributed by atoms with Gasteiger partial charge in [-0.3, -0.25) is 5.41 Å². The van der Waals surface area contributed by atoms with Crippen molar-refractivity contribution < 1.29 is 0 Å². The second kappa shape index (κ2) is 6.35. The van der Waals surface area contributed by atoms with Gasteiger partial charge in [-0.05, 0) is 26.4 Å². The van der Waals surface area contributed by atoms with Crippen molar-refractivity contribution in [2.24, 2.45) is 5.73 Å². The smallest absolute Gasteiger partial charge is 0.185 e. The molecule has 0 aliphatic rings. The van der Waals surface area contributed by atoms with Gasteiger partial charge in [0.1, 0.15) is 0 Å². The Morgan fingerprint density at radius 2 is 2.00 bits per heavy atom. The molecule has 0 unspecified atom stereocenters. The highest BCUT2D eigenvalue weighted by Crippen LogP contribution is 1.82. The first kappa shape index (κ1) is 9.23. The first-order chi connectivity index (χ1) is 4.77. The fourth-order valence-electron chi connectivity index (χ4n) is 0.650. The van der Waals surface area contributed by atoms with Gasteiger partial charge in [-0.25, -0.2) is 0 Å². The van der Waals surface area contributed by atoms with Crippen molar-refractivity contribution in [1.29, 1.82) is 5.41 Å². The van der Waals surface area contributed by atoms with Crippen LogP contribution < -0.4 is 16.4 Å². The molecule has 4 heteroatoms. The van der Waals surface area contributed by atoms with Gasteiger partial charge in [0, 0.05) is 6.54 Å². The molecule has 0 aromatic carbocycles. The van der Waals surface area contributed by atoms with E-state index >= 15 is 0 Å². The van der Waals surface area contributed by atoms with Crippen molar-refractivity contribution in [2.75, 3.05) is 20.1 Å². The van der Waals surface area contributed by atoms with Crippen molar-refractivity contribution in [1.82, 2.24) is 10.6 Å². The Kier molecular flexibility index (Phi) is 5.86. The normalized spacial score (nSPS) is 9.30. The van der Waals surface area contributed by atoms with E-state index in [1.54, 1.807) is 0 Å². The van der Waals surface area contributed by atoms with Crippen LogP contribution in [0.4, 0.5) is 0 Å². The Labute approximate surface area is 61.7 Å². The molecule has 0 atom stereocenters. The third-order valence-electron chi connectivity index (χ3n) is 1.17. The second-order valence-corrected chi connectivity index (χ2v) is 2.15. The summed E-state index contributed by atoms with van der Waals surface area (Å²) in [6.45, 7) is 1.83. The monoisotopic (exact) mass is 144 g/mol. The van der Waals surface area contributed by atoms with Crippen LogP contribution in [0.15, 0.2) is 0 Å². The molecular weight excluding hydrogens is 128 g/mol. The van der Waals surface area contributed by atoms with E-state index in [-0.39, 0.29) is 5.96 Å². The SMILES string of the molecule is CNCCCCNC(=N)N. The van der Waals surface area contributed by atoms with E-state index in [2.05, 4.69) is 10.6 Å². The molecule has 0 saturated carbocycles. The fraction of sp³-hybridized carbons (Fsp3) is 0.833. The predicted molar refractivity (Wildman–Crippen MR) is 43.1 cm³/mol. The molecule has 0 saturated heterocycles. The van der Waals surface area contributed by atoms with Crippen molar-refractivity contribution in [3.05, 3.63) is 0 Å². The minimum absolute atomic E-state index is 0.0597. The number of rotatable bonds is 5. The standard InChI is InChI=1S/C6H16N4/c1-9-4-2-3-5-10-6(7)8/h9H,2-5H2,1H3,(H4,7,8,10). The zero-order valence-corrected chi connectivity index (χ0v) is 6.41. The summed E-state index contributed by atoms with van der Waals surface area (Å²) in [4.78, 5) is 0. The van der Waals surface area contributed by atoms with E-state index in [9.17, 15) is 0 Å². The lowest BCUT2D eigenvalue weighted by Gasteiger charge is -2.01. The summed E-state index contributed by atoms with van der Waals surface area (Å²) in [6.07, 6.45) is 2.18. The van der Waals surface area contributed by atoms with Crippen LogP contribution in [0.2, 0.25) is 0 Å². The van der Waals surface area contributed by atoms with Gasteiger partial charge in [-0.2, -0.15) is 0 Å². The van der Waals surface area contributed by atoms with Gasteiger partial charge in [0.2, 0.25) is 0 Å². The zero-order chi connectivity index (χ0) is 7.82. The summed E-state index contributed by atoms with van der Waals surface area (Å²) in [5.41, 5.74) is 5.06. The minimum atomic E-state index is 0.0597. The third-order valence-corrected chi connectivity index (χ3v) is 1.17. The van der Waals surface area contributed by atoms with Crippen LogP contribution >= 0.6 is 0 Å². The lowest BCUT2D eigenvalue weighted by atomic mass is 10.3. The van der Waals surface area contributed by atoms with Crippen LogP contribution in [-0.2, 0) is 0 Å². The van der Waals surface area contributed by atoms with E-state index < -0.39 is 0 Å². The van der Waals surface area contributed by atoms with Gasteiger partial charge >= 0.3 is 0 Å². The average Bonchev–Trinajstić information content (AvgIpc) is 1.87. The van der Waals surface area contributed by atoms with Crippen molar-refractivity contribution in [2.45, 2.75) is 12.8 Å². The Hall–Kier alpha value is -0.770. The molecule has 0 aliphatic carbocycles. The highest BCUT2D eigenvalue weighted by molar-refractivity contribution is 5.74. The second-order valence-electron chi connectivity index (χ2n) is 2.15. The molecule has 0 amide bonds. The van der Waals surface area contributed by atoms with Crippen LogP contribution in [0, 0.1) is 5.41 Å². The molecule has 0 radical (unpaired) electrons. The number of nitrogens with two attached hydrogens (primary N) is 1. The van der Waals surface area contributed by atoms with Gasteiger partial charge in [-0.1, -0.05) is 0 Å².